The molecule has 3 aromatic carbocycles. The molecule has 4 N–H and O–H groups in total. The third kappa shape index (κ3) is 7.67. The van der Waals surface area contributed by atoms with Gasteiger partial charge in [-0.05, 0) is 73.9 Å². The topological polar surface area (TPSA) is 99.3 Å². The Morgan fingerprint density at radius 3 is 2.03 bits per heavy atom. The summed E-state index contributed by atoms with van der Waals surface area (Å²) in [6.07, 6.45) is 2.46. The van der Waals surface area contributed by atoms with Gasteiger partial charge in [-0.1, -0.05) is 35.9 Å². The van der Waals surface area contributed by atoms with E-state index in [1.165, 1.54) is 0 Å². The lowest BCUT2D eigenvalue weighted by atomic mass is 10.1. The Kier molecular flexibility index (Phi) is 9.11. The first-order valence-corrected chi connectivity index (χ1v) is 12.2. The first-order valence-electron chi connectivity index (χ1n) is 10.8. The van der Waals surface area contributed by atoms with Crippen LogP contribution in [0.4, 0.5) is 21.9 Å². The van der Waals surface area contributed by atoms with Crippen molar-refractivity contribution in [2.75, 3.05) is 28.0 Å². The molecule has 8 heteroatoms. The number of para-hydroxylation sites is 1. The van der Waals surface area contributed by atoms with Crippen LogP contribution in [0.3, 0.4) is 0 Å². The van der Waals surface area contributed by atoms with Gasteiger partial charge in [-0.3, -0.25) is 9.59 Å². The molecule has 0 saturated heterocycles. The Labute approximate surface area is 203 Å². The number of hydrogen-bond donors (Lipinski definition) is 4. The molecule has 1 unspecified atom stereocenters. The number of benzene rings is 3. The lowest BCUT2D eigenvalue weighted by Crippen LogP contribution is -2.44. The number of nitrogens with one attached hydrogen (secondary N) is 4. The summed E-state index contributed by atoms with van der Waals surface area (Å²) >= 11 is 1.61. The van der Waals surface area contributed by atoms with Crippen LogP contribution in [0.15, 0.2) is 78.9 Å². The van der Waals surface area contributed by atoms with Crippen LogP contribution in [0.5, 0.6) is 0 Å². The normalized spacial score (nSPS) is 11.2. The van der Waals surface area contributed by atoms with Crippen molar-refractivity contribution in [2.45, 2.75) is 19.4 Å². The van der Waals surface area contributed by atoms with Crippen LogP contribution in [0.25, 0.3) is 0 Å². The molecule has 0 spiro atoms. The highest BCUT2D eigenvalue weighted by atomic mass is 32.2. The number of hydrogen-bond acceptors (Lipinski definition) is 4. The number of aryl methyl sites for hydroxylation is 1. The largest absolute Gasteiger partial charge is 0.340 e. The van der Waals surface area contributed by atoms with Gasteiger partial charge < -0.3 is 21.3 Å². The number of amides is 4. The zero-order valence-corrected chi connectivity index (χ0v) is 19.9. The fraction of sp³-hybridized carbons (Fsp3) is 0.192. The molecular weight excluding hydrogens is 448 g/mol. The number of carbonyl (C=O) groups excluding carboxylic acids is 3. The van der Waals surface area contributed by atoms with Crippen molar-refractivity contribution < 1.29 is 14.4 Å². The Morgan fingerprint density at radius 2 is 1.41 bits per heavy atom. The Bertz CT molecular complexity index is 1120. The summed E-state index contributed by atoms with van der Waals surface area (Å²) in [5.74, 6) is 0.150. The van der Waals surface area contributed by atoms with E-state index in [1.807, 2.05) is 43.5 Å². The second-order valence-corrected chi connectivity index (χ2v) is 8.67. The molecule has 7 nitrogen and oxygen atoms in total. The van der Waals surface area contributed by atoms with E-state index in [2.05, 4.69) is 21.3 Å². The smallest absolute Gasteiger partial charge is 0.323 e. The third-order valence-electron chi connectivity index (χ3n) is 4.95. The Hall–Kier alpha value is -3.78. The van der Waals surface area contributed by atoms with Crippen LogP contribution in [0.2, 0.25) is 0 Å². The van der Waals surface area contributed by atoms with Gasteiger partial charge in [0.25, 0.3) is 5.91 Å². The molecular formula is C26H28N4O3S. The summed E-state index contributed by atoms with van der Waals surface area (Å²) in [5, 5.41) is 11.2. The second kappa shape index (κ2) is 12.5. The SMILES string of the molecule is CSCCC(NC(=O)c1cccc(C)c1)C(=O)Nc1ccc(NC(=O)Nc2ccccc2)cc1. The molecule has 176 valence electrons. The van der Waals surface area contributed by atoms with Crippen molar-refractivity contribution in [1.29, 1.82) is 0 Å². The van der Waals surface area contributed by atoms with E-state index in [1.54, 1.807) is 60.3 Å². The molecule has 3 rings (SSSR count). The summed E-state index contributed by atoms with van der Waals surface area (Å²) in [5.41, 5.74) is 3.33. The summed E-state index contributed by atoms with van der Waals surface area (Å²) in [6.45, 7) is 1.92. The average molecular weight is 477 g/mol. The van der Waals surface area contributed by atoms with Gasteiger partial charge in [0.05, 0.1) is 0 Å². The van der Waals surface area contributed by atoms with E-state index < -0.39 is 6.04 Å². The summed E-state index contributed by atoms with van der Waals surface area (Å²) in [7, 11) is 0. The van der Waals surface area contributed by atoms with E-state index in [0.29, 0.717) is 29.0 Å². The zero-order chi connectivity index (χ0) is 24.3. The predicted molar refractivity (Wildman–Crippen MR) is 140 cm³/mol. The minimum Gasteiger partial charge on any atom is -0.340 e. The first kappa shape index (κ1) is 24.9. The lowest BCUT2D eigenvalue weighted by molar-refractivity contribution is -0.118. The molecule has 3 aromatic rings. The first-order chi connectivity index (χ1) is 16.4. The van der Waals surface area contributed by atoms with Crippen LogP contribution in [0, 0.1) is 6.92 Å². The van der Waals surface area contributed by atoms with Gasteiger partial charge in [-0.2, -0.15) is 11.8 Å². The van der Waals surface area contributed by atoms with E-state index in [9.17, 15) is 14.4 Å². The standard InChI is InChI=1S/C26H28N4O3S/c1-18-7-6-8-19(17-18)24(31)30-23(15-16-34-2)25(32)27-21-11-13-22(14-12-21)29-26(33)28-20-9-4-3-5-10-20/h3-14,17,23H,15-16H2,1-2H3,(H,27,32)(H,30,31)(H2,28,29,33). The second-order valence-electron chi connectivity index (χ2n) is 7.69. The van der Waals surface area contributed by atoms with Gasteiger partial charge in [-0.15, -0.1) is 0 Å². The van der Waals surface area contributed by atoms with Gasteiger partial charge in [0.15, 0.2) is 0 Å². The molecule has 1 atom stereocenters. The highest BCUT2D eigenvalue weighted by molar-refractivity contribution is 7.98. The van der Waals surface area contributed by atoms with Gasteiger partial charge in [-0.25, -0.2) is 4.79 Å². The van der Waals surface area contributed by atoms with Crippen LogP contribution in [-0.4, -0.2) is 35.9 Å². The molecule has 0 radical (unpaired) electrons. The lowest BCUT2D eigenvalue weighted by Gasteiger charge is -2.18. The number of rotatable bonds is 9. The molecule has 0 aromatic heterocycles. The number of carbonyl (C=O) groups is 3. The van der Waals surface area contributed by atoms with Crippen molar-refractivity contribution in [3.8, 4) is 0 Å². The quantitative estimate of drug-likeness (QED) is 0.344. The number of anilines is 3. The Balaban J connectivity index is 1.58. The van der Waals surface area contributed by atoms with Crippen LogP contribution < -0.4 is 21.3 Å². The molecule has 0 aliphatic heterocycles. The summed E-state index contributed by atoms with van der Waals surface area (Å²) in [4.78, 5) is 37.7. The minimum atomic E-state index is -0.671. The fourth-order valence-electron chi connectivity index (χ4n) is 3.21. The highest BCUT2D eigenvalue weighted by Crippen LogP contribution is 2.16. The molecule has 0 fully saturated rings. The van der Waals surface area contributed by atoms with Crippen molar-refractivity contribution >= 4 is 46.7 Å². The molecule has 0 aliphatic carbocycles. The maximum Gasteiger partial charge on any atom is 0.323 e. The van der Waals surface area contributed by atoms with Crippen molar-refractivity contribution in [3.63, 3.8) is 0 Å². The monoisotopic (exact) mass is 476 g/mol. The van der Waals surface area contributed by atoms with Crippen molar-refractivity contribution in [1.82, 2.24) is 5.32 Å². The third-order valence-corrected chi connectivity index (χ3v) is 5.60. The molecule has 0 heterocycles. The van der Waals surface area contributed by atoms with Crippen LogP contribution in [-0.2, 0) is 4.79 Å². The van der Waals surface area contributed by atoms with E-state index in [0.717, 1.165) is 11.3 Å². The van der Waals surface area contributed by atoms with E-state index >= 15 is 0 Å². The molecule has 0 bridgehead atoms. The molecule has 34 heavy (non-hydrogen) atoms. The van der Waals surface area contributed by atoms with Gasteiger partial charge in [0.2, 0.25) is 5.91 Å². The maximum absolute atomic E-state index is 12.9. The zero-order valence-electron chi connectivity index (χ0n) is 19.1. The predicted octanol–water partition coefficient (Wildman–Crippen LogP) is 5.13. The van der Waals surface area contributed by atoms with Gasteiger partial charge in [0, 0.05) is 22.6 Å². The number of urea groups is 1. The molecule has 0 saturated carbocycles. The van der Waals surface area contributed by atoms with Crippen LogP contribution in [0.1, 0.15) is 22.3 Å². The van der Waals surface area contributed by atoms with Gasteiger partial charge >= 0.3 is 6.03 Å². The van der Waals surface area contributed by atoms with E-state index in [4.69, 9.17) is 0 Å². The van der Waals surface area contributed by atoms with E-state index in [-0.39, 0.29) is 17.8 Å². The highest BCUT2D eigenvalue weighted by Gasteiger charge is 2.21. The van der Waals surface area contributed by atoms with Gasteiger partial charge in [0.1, 0.15) is 6.04 Å². The fourth-order valence-corrected chi connectivity index (χ4v) is 3.68. The summed E-state index contributed by atoms with van der Waals surface area (Å²) < 4.78 is 0. The minimum absolute atomic E-state index is 0.283. The molecule has 0 aliphatic rings. The molecule has 4 amide bonds. The Morgan fingerprint density at radius 1 is 0.794 bits per heavy atom. The summed E-state index contributed by atoms with van der Waals surface area (Å²) in [6, 6.07) is 22.1. The van der Waals surface area contributed by atoms with Crippen molar-refractivity contribution in [3.05, 3.63) is 90.0 Å². The van der Waals surface area contributed by atoms with Crippen LogP contribution >= 0.6 is 11.8 Å². The maximum atomic E-state index is 12.9. The number of thioether (sulfide) groups is 1. The van der Waals surface area contributed by atoms with Crippen molar-refractivity contribution in [2.24, 2.45) is 0 Å². The average Bonchev–Trinajstić information content (AvgIpc) is 2.83.